The zero-order chi connectivity index (χ0) is 15.5. The molecular weight excluding hydrogens is 353 g/mol. The zero-order valence-electron chi connectivity index (χ0n) is 10.8. The molecule has 21 heavy (non-hydrogen) atoms. The Morgan fingerprint density at radius 1 is 0.857 bits per heavy atom. The summed E-state index contributed by atoms with van der Waals surface area (Å²) in [5.41, 5.74) is 1.41. The molecule has 0 bridgehead atoms. The van der Waals surface area contributed by atoms with Crippen LogP contribution in [0.2, 0.25) is 15.1 Å². The van der Waals surface area contributed by atoms with Crippen molar-refractivity contribution >= 4 is 44.8 Å². The van der Waals surface area contributed by atoms with E-state index in [9.17, 15) is 8.42 Å². The SMILES string of the molecule is O=S(=O)(Cc1ccc(Cl)c(Cl)c1)NCc1ccc(Cl)cc1. The number of halogens is 3. The van der Waals surface area contributed by atoms with Crippen LogP contribution in [0.3, 0.4) is 0 Å². The third-order valence-electron chi connectivity index (χ3n) is 2.75. The molecule has 0 aliphatic rings. The third kappa shape index (κ3) is 5.16. The molecule has 2 aromatic carbocycles. The number of hydrogen-bond acceptors (Lipinski definition) is 2. The van der Waals surface area contributed by atoms with E-state index in [2.05, 4.69) is 4.72 Å². The fourth-order valence-corrected chi connectivity index (χ4v) is 3.25. The first-order chi connectivity index (χ1) is 9.85. The first kappa shape index (κ1) is 16.6. The molecule has 0 aliphatic carbocycles. The van der Waals surface area contributed by atoms with E-state index in [-0.39, 0.29) is 12.3 Å². The summed E-state index contributed by atoms with van der Waals surface area (Å²) < 4.78 is 26.6. The molecule has 2 aromatic rings. The second-order valence-corrected chi connectivity index (χ2v) is 7.51. The summed E-state index contributed by atoms with van der Waals surface area (Å²) in [5.74, 6) is -0.155. The highest BCUT2D eigenvalue weighted by Gasteiger charge is 2.12. The highest BCUT2D eigenvalue weighted by Crippen LogP contribution is 2.23. The fraction of sp³-hybridized carbons (Fsp3) is 0.143. The number of sulfonamides is 1. The molecule has 3 nitrogen and oxygen atoms in total. The molecule has 0 amide bonds. The average Bonchev–Trinajstić information content (AvgIpc) is 2.42. The van der Waals surface area contributed by atoms with Gasteiger partial charge in [0.15, 0.2) is 0 Å². The van der Waals surface area contributed by atoms with Crippen LogP contribution in [-0.2, 0) is 22.3 Å². The molecule has 2 rings (SSSR count). The lowest BCUT2D eigenvalue weighted by Gasteiger charge is -2.08. The van der Waals surface area contributed by atoms with Gasteiger partial charge in [-0.1, -0.05) is 53.0 Å². The molecule has 0 unspecified atom stereocenters. The minimum absolute atomic E-state index is 0.155. The van der Waals surface area contributed by atoms with Gasteiger partial charge in [-0.3, -0.25) is 0 Å². The van der Waals surface area contributed by atoms with Crippen molar-refractivity contribution in [3.05, 3.63) is 68.7 Å². The van der Waals surface area contributed by atoms with E-state index in [1.165, 1.54) is 0 Å². The Balaban J connectivity index is 2.01. The Labute approximate surface area is 138 Å². The van der Waals surface area contributed by atoms with Gasteiger partial charge in [0.2, 0.25) is 10.0 Å². The van der Waals surface area contributed by atoms with Crippen molar-refractivity contribution in [1.82, 2.24) is 4.72 Å². The van der Waals surface area contributed by atoms with E-state index in [0.29, 0.717) is 20.6 Å². The minimum Gasteiger partial charge on any atom is -0.212 e. The Hall–Kier alpha value is -0.780. The number of nitrogens with one attached hydrogen (secondary N) is 1. The molecule has 0 radical (unpaired) electrons. The molecule has 0 aromatic heterocycles. The average molecular weight is 365 g/mol. The second-order valence-electron chi connectivity index (χ2n) is 4.46. The number of hydrogen-bond donors (Lipinski definition) is 1. The van der Waals surface area contributed by atoms with Crippen LogP contribution in [0.15, 0.2) is 42.5 Å². The van der Waals surface area contributed by atoms with Crippen LogP contribution in [0.1, 0.15) is 11.1 Å². The van der Waals surface area contributed by atoms with Crippen molar-refractivity contribution in [2.24, 2.45) is 0 Å². The molecule has 0 heterocycles. The number of benzene rings is 2. The summed E-state index contributed by atoms with van der Waals surface area (Å²) in [4.78, 5) is 0. The quantitative estimate of drug-likeness (QED) is 0.861. The maximum absolute atomic E-state index is 12.0. The summed E-state index contributed by atoms with van der Waals surface area (Å²) in [5, 5.41) is 1.34. The Morgan fingerprint density at radius 3 is 2.10 bits per heavy atom. The summed E-state index contributed by atoms with van der Waals surface area (Å²) >= 11 is 17.4. The maximum atomic E-state index is 12.0. The zero-order valence-corrected chi connectivity index (χ0v) is 13.9. The van der Waals surface area contributed by atoms with Gasteiger partial charge < -0.3 is 0 Å². The van der Waals surface area contributed by atoms with Crippen molar-refractivity contribution < 1.29 is 8.42 Å². The normalized spacial score (nSPS) is 11.6. The highest BCUT2D eigenvalue weighted by molar-refractivity contribution is 7.88. The fourth-order valence-electron chi connectivity index (χ4n) is 1.70. The van der Waals surface area contributed by atoms with E-state index >= 15 is 0 Å². The standard InChI is InChI=1S/C14H12Cl3NO2S/c15-12-4-1-10(2-5-12)8-18-21(19,20)9-11-3-6-13(16)14(17)7-11/h1-7,18H,8-9H2. The highest BCUT2D eigenvalue weighted by atomic mass is 35.5. The second kappa shape index (κ2) is 6.99. The summed E-state index contributed by atoms with van der Waals surface area (Å²) in [6.07, 6.45) is 0. The van der Waals surface area contributed by atoms with Crippen LogP contribution in [0.5, 0.6) is 0 Å². The summed E-state index contributed by atoms with van der Waals surface area (Å²) in [6, 6.07) is 11.7. The van der Waals surface area contributed by atoms with Crippen molar-refractivity contribution in [3.63, 3.8) is 0 Å². The van der Waals surface area contributed by atoms with Gasteiger partial charge in [-0.25, -0.2) is 13.1 Å². The van der Waals surface area contributed by atoms with Crippen LogP contribution < -0.4 is 4.72 Å². The monoisotopic (exact) mass is 363 g/mol. The van der Waals surface area contributed by atoms with Crippen LogP contribution in [0.25, 0.3) is 0 Å². The van der Waals surface area contributed by atoms with Crippen molar-refractivity contribution in [1.29, 1.82) is 0 Å². The molecule has 0 spiro atoms. The van der Waals surface area contributed by atoms with Crippen LogP contribution in [0.4, 0.5) is 0 Å². The lowest BCUT2D eigenvalue weighted by atomic mass is 10.2. The van der Waals surface area contributed by atoms with Crippen molar-refractivity contribution in [2.45, 2.75) is 12.3 Å². The van der Waals surface area contributed by atoms with Gasteiger partial charge in [0.25, 0.3) is 0 Å². The van der Waals surface area contributed by atoms with E-state index in [1.807, 2.05) is 0 Å². The van der Waals surface area contributed by atoms with Gasteiger partial charge in [-0.05, 0) is 35.4 Å². The van der Waals surface area contributed by atoms with E-state index in [4.69, 9.17) is 34.8 Å². The lowest BCUT2D eigenvalue weighted by Crippen LogP contribution is -2.24. The first-order valence-corrected chi connectivity index (χ1v) is 8.80. The molecular formula is C14H12Cl3NO2S. The van der Waals surface area contributed by atoms with E-state index in [0.717, 1.165) is 5.56 Å². The molecule has 0 saturated carbocycles. The number of rotatable bonds is 5. The van der Waals surface area contributed by atoms with Crippen molar-refractivity contribution in [3.8, 4) is 0 Å². The summed E-state index contributed by atoms with van der Waals surface area (Å²) in [7, 11) is -3.46. The predicted molar refractivity (Wildman–Crippen MR) is 87.4 cm³/mol. The van der Waals surface area contributed by atoms with Gasteiger partial charge in [-0.15, -0.1) is 0 Å². The Morgan fingerprint density at radius 2 is 1.48 bits per heavy atom. The largest absolute Gasteiger partial charge is 0.216 e. The lowest BCUT2D eigenvalue weighted by molar-refractivity contribution is 0.580. The molecule has 0 aliphatic heterocycles. The Bertz CT molecular complexity index is 730. The van der Waals surface area contributed by atoms with Gasteiger partial charge in [0, 0.05) is 11.6 Å². The molecule has 0 fully saturated rings. The summed E-state index contributed by atoms with van der Waals surface area (Å²) in [6.45, 7) is 0.209. The van der Waals surface area contributed by atoms with Crippen LogP contribution >= 0.6 is 34.8 Å². The van der Waals surface area contributed by atoms with E-state index in [1.54, 1.807) is 42.5 Å². The molecule has 0 saturated heterocycles. The molecule has 0 atom stereocenters. The van der Waals surface area contributed by atoms with Crippen LogP contribution in [-0.4, -0.2) is 8.42 Å². The third-order valence-corrected chi connectivity index (χ3v) is 5.04. The molecule has 112 valence electrons. The van der Waals surface area contributed by atoms with Crippen molar-refractivity contribution in [2.75, 3.05) is 0 Å². The molecule has 7 heteroatoms. The van der Waals surface area contributed by atoms with Gasteiger partial charge >= 0.3 is 0 Å². The van der Waals surface area contributed by atoms with Gasteiger partial charge in [0.1, 0.15) is 0 Å². The van der Waals surface area contributed by atoms with Gasteiger partial charge in [-0.2, -0.15) is 0 Å². The first-order valence-electron chi connectivity index (χ1n) is 6.01. The van der Waals surface area contributed by atoms with Crippen LogP contribution in [0, 0.1) is 0 Å². The smallest absolute Gasteiger partial charge is 0.212 e. The Kier molecular flexibility index (Phi) is 5.52. The predicted octanol–water partition coefficient (Wildman–Crippen LogP) is 4.27. The van der Waals surface area contributed by atoms with E-state index < -0.39 is 10.0 Å². The minimum atomic E-state index is -3.46. The molecule has 1 N–H and O–H groups in total. The maximum Gasteiger partial charge on any atom is 0.216 e. The van der Waals surface area contributed by atoms with Gasteiger partial charge in [0.05, 0.1) is 15.8 Å². The topological polar surface area (TPSA) is 46.2 Å².